The van der Waals surface area contributed by atoms with E-state index in [2.05, 4.69) is 31.2 Å². The van der Waals surface area contributed by atoms with Gasteiger partial charge in [0, 0.05) is 18.6 Å². The van der Waals surface area contributed by atoms with E-state index in [1.807, 2.05) is 0 Å². The average molecular weight is 205 g/mol. The van der Waals surface area contributed by atoms with Crippen LogP contribution in [0.3, 0.4) is 0 Å². The molecule has 2 heteroatoms. The maximum atomic E-state index is 5.90. The van der Waals surface area contributed by atoms with Crippen LogP contribution < -0.4 is 5.73 Å². The topological polar surface area (TPSA) is 35.2 Å². The zero-order valence-electron chi connectivity index (χ0n) is 9.49. The Morgan fingerprint density at radius 1 is 1.47 bits per heavy atom. The summed E-state index contributed by atoms with van der Waals surface area (Å²) in [6.07, 6.45) is 2.09. The molecule has 1 aromatic rings. The fourth-order valence-electron chi connectivity index (χ4n) is 2.63. The van der Waals surface area contributed by atoms with Crippen molar-refractivity contribution in [3.05, 3.63) is 35.4 Å². The number of nitrogens with two attached hydrogens (primary N) is 1. The summed E-state index contributed by atoms with van der Waals surface area (Å²) >= 11 is 0. The highest BCUT2D eigenvalue weighted by Crippen LogP contribution is 2.43. The van der Waals surface area contributed by atoms with Crippen LogP contribution in [0.1, 0.15) is 24.0 Å². The third kappa shape index (κ3) is 1.92. The fourth-order valence-corrected chi connectivity index (χ4v) is 2.63. The van der Waals surface area contributed by atoms with Crippen molar-refractivity contribution in [1.29, 1.82) is 0 Å². The first kappa shape index (κ1) is 10.7. The molecule has 0 aliphatic heterocycles. The molecule has 82 valence electrons. The van der Waals surface area contributed by atoms with Crippen LogP contribution in [0, 0.1) is 6.92 Å². The van der Waals surface area contributed by atoms with Crippen molar-refractivity contribution in [2.75, 3.05) is 13.7 Å². The molecule has 0 spiro atoms. The van der Waals surface area contributed by atoms with Gasteiger partial charge in [-0.3, -0.25) is 0 Å². The smallest absolute Gasteiger partial charge is 0.0560 e. The second-order valence-electron chi connectivity index (χ2n) is 4.75. The molecule has 0 amide bonds. The van der Waals surface area contributed by atoms with Crippen molar-refractivity contribution in [1.82, 2.24) is 0 Å². The van der Waals surface area contributed by atoms with Gasteiger partial charge in [-0.2, -0.15) is 0 Å². The predicted octanol–water partition coefficient (Wildman–Crippen LogP) is 2.00. The second-order valence-corrected chi connectivity index (χ2v) is 4.75. The van der Waals surface area contributed by atoms with Crippen LogP contribution in [0.4, 0.5) is 0 Å². The maximum Gasteiger partial charge on any atom is 0.0560 e. The Kier molecular flexibility index (Phi) is 2.81. The van der Waals surface area contributed by atoms with Gasteiger partial charge < -0.3 is 10.5 Å². The van der Waals surface area contributed by atoms with Gasteiger partial charge in [0.2, 0.25) is 0 Å². The number of rotatable bonds is 3. The molecule has 0 unspecified atom stereocenters. The van der Waals surface area contributed by atoms with E-state index in [1.54, 1.807) is 7.11 Å². The number of benzene rings is 1. The number of ether oxygens (including phenoxy) is 1. The van der Waals surface area contributed by atoms with Crippen molar-refractivity contribution < 1.29 is 4.74 Å². The van der Waals surface area contributed by atoms with Crippen LogP contribution in [-0.2, 0) is 10.2 Å². The van der Waals surface area contributed by atoms with Gasteiger partial charge >= 0.3 is 0 Å². The van der Waals surface area contributed by atoms with Crippen LogP contribution in [-0.4, -0.2) is 19.8 Å². The first-order valence-electron chi connectivity index (χ1n) is 5.48. The number of methoxy groups -OCH3 is 1. The Morgan fingerprint density at radius 3 is 2.73 bits per heavy atom. The maximum absolute atomic E-state index is 5.90. The van der Waals surface area contributed by atoms with Gasteiger partial charge in [0.15, 0.2) is 0 Å². The van der Waals surface area contributed by atoms with Crippen LogP contribution in [0.2, 0.25) is 0 Å². The number of hydrogen-bond donors (Lipinski definition) is 1. The molecule has 1 aliphatic carbocycles. The molecule has 0 heterocycles. The van der Waals surface area contributed by atoms with Gasteiger partial charge in [0.05, 0.1) is 6.61 Å². The summed E-state index contributed by atoms with van der Waals surface area (Å²) in [6, 6.07) is 9.04. The third-order valence-corrected chi connectivity index (χ3v) is 3.36. The zero-order valence-corrected chi connectivity index (χ0v) is 9.49. The van der Waals surface area contributed by atoms with Crippen molar-refractivity contribution in [3.63, 3.8) is 0 Å². The molecule has 0 radical (unpaired) electrons. The van der Waals surface area contributed by atoms with E-state index in [0.717, 1.165) is 19.4 Å². The molecule has 2 nitrogen and oxygen atoms in total. The first-order chi connectivity index (χ1) is 7.16. The number of hydrogen-bond acceptors (Lipinski definition) is 2. The largest absolute Gasteiger partial charge is 0.384 e. The molecule has 0 aromatic heterocycles. The molecule has 0 saturated heterocycles. The molecular weight excluding hydrogens is 186 g/mol. The van der Waals surface area contributed by atoms with Gasteiger partial charge in [-0.25, -0.2) is 0 Å². The Morgan fingerprint density at radius 2 is 2.20 bits per heavy atom. The summed E-state index contributed by atoms with van der Waals surface area (Å²) in [4.78, 5) is 0. The molecule has 2 N–H and O–H groups in total. The van der Waals surface area contributed by atoms with Crippen LogP contribution in [0.25, 0.3) is 0 Å². The number of aryl methyl sites for hydroxylation is 1. The standard InChI is InChI=1S/C13H19NO/c1-10-4-3-5-11(6-10)13(9-15-2)7-12(14)8-13/h3-6,12H,7-9,14H2,1-2H3. The van der Waals surface area contributed by atoms with E-state index in [1.165, 1.54) is 11.1 Å². The lowest BCUT2D eigenvalue weighted by Crippen LogP contribution is -2.51. The Labute approximate surface area is 91.4 Å². The summed E-state index contributed by atoms with van der Waals surface area (Å²) in [6.45, 7) is 2.91. The van der Waals surface area contributed by atoms with E-state index in [0.29, 0.717) is 6.04 Å². The zero-order chi connectivity index (χ0) is 10.9. The minimum absolute atomic E-state index is 0.181. The molecular formula is C13H19NO. The van der Waals surface area contributed by atoms with Gasteiger partial charge in [-0.05, 0) is 25.3 Å². The Hall–Kier alpha value is -0.860. The highest BCUT2D eigenvalue weighted by molar-refractivity contribution is 5.33. The minimum Gasteiger partial charge on any atom is -0.384 e. The van der Waals surface area contributed by atoms with Crippen LogP contribution in [0.15, 0.2) is 24.3 Å². The summed E-state index contributed by atoms with van der Waals surface area (Å²) in [5, 5.41) is 0. The summed E-state index contributed by atoms with van der Waals surface area (Å²) in [5.41, 5.74) is 8.77. The first-order valence-corrected chi connectivity index (χ1v) is 5.48. The predicted molar refractivity (Wildman–Crippen MR) is 61.9 cm³/mol. The Balaban J connectivity index is 2.26. The molecule has 1 fully saturated rings. The van der Waals surface area contributed by atoms with Crippen LogP contribution in [0.5, 0.6) is 0 Å². The van der Waals surface area contributed by atoms with Crippen molar-refractivity contribution >= 4 is 0 Å². The lowest BCUT2D eigenvalue weighted by atomic mass is 9.62. The molecule has 0 atom stereocenters. The molecule has 15 heavy (non-hydrogen) atoms. The molecule has 2 rings (SSSR count). The quantitative estimate of drug-likeness (QED) is 0.819. The van der Waals surface area contributed by atoms with Crippen molar-refractivity contribution in [3.8, 4) is 0 Å². The summed E-state index contributed by atoms with van der Waals surface area (Å²) < 4.78 is 5.34. The van der Waals surface area contributed by atoms with Gasteiger partial charge in [0.25, 0.3) is 0 Å². The van der Waals surface area contributed by atoms with E-state index < -0.39 is 0 Å². The minimum atomic E-state index is 0.181. The lowest BCUT2D eigenvalue weighted by Gasteiger charge is -2.46. The summed E-state index contributed by atoms with van der Waals surface area (Å²) in [5.74, 6) is 0. The monoisotopic (exact) mass is 205 g/mol. The van der Waals surface area contributed by atoms with Crippen molar-refractivity contribution in [2.45, 2.75) is 31.2 Å². The molecule has 1 aliphatic rings. The SMILES string of the molecule is COCC1(c2cccc(C)c2)CC(N)C1. The van der Waals surface area contributed by atoms with E-state index in [9.17, 15) is 0 Å². The van der Waals surface area contributed by atoms with Crippen LogP contribution >= 0.6 is 0 Å². The van der Waals surface area contributed by atoms with Gasteiger partial charge in [-0.1, -0.05) is 29.8 Å². The summed E-state index contributed by atoms with van der Waals surface area (Å²) in [7, 11) is 1.77. The normalized spacial score (nSPS) is 29.9. The van der Waals surface area contributed by atoms with Gasteiger partial charge in [-0.15, -0.1) is 0 Å². The molecule has 0 bridgehead atoms. The highest BCUT2D eigenvalue weighted by Gasteiger charge is 2.43. The van der Waals surface area contributed by atoms with E-state index in [4.69, 9.17) is 10.5 Å². The van der Waals surface area contributed by atoms with E-state index >= 15 is 0 Å². The van der Waals surface area contributed by atoms with E-state index in [-0.39, 0.29) is 5.41 Å². The molecule has 1 aromatic carbocycles. The van der Waals surface area contributed by atoms with Gasteiger partial charge in [0.1, 0.15) is 0 Å². The second kappa shape index (κ2) is 3.95. The fraction of sp³-hybridized carbons (Fsp3) is 0.538. The average Bonchev–Trinajstić information content (AvgIpc) is 2.15. The third-order valence-electron chi connectivity index (χ3n) is 3.36. The highest BCUT2D eigenvalue weighted by atomic mass is 16.5. The lowest BCUT2D eigenvalue weighted by molar-refractivity contribution is 0.0661. The molecule has 1 saturated carbocycles. The van der Waals surface area contributed by atoms with Crippen molar-refractivity contribution in [2.24, 2.45) is 5.73 Å². The Bertz CT molecular complexity index is 337.